The number of carbonyl (C=O) groups excluding carboxylic acids is 1. The summed E-state index contributed by atoms with van der Waals surface area (Å²) in [6, 6.07) is 10.3. The maximum Gasteiger partial charge on any atom is 0.223 e. The number of thiophene rings is 1. The van der Waals surface area contributed by atoms with Crippen molar-refractivity contribution in [2.75, 3.05) is 18.0 Å². The van der Waals surface area contributed by atoms with E-state index in [1.54, 1.807) is 17.7 Å². The van der Waals surface area contributed by atoms with Crippen LogP contribution in [0.25, 0.3) is 15.9 Å². The molecule has 0 bridgehead atoms. The van der Waals surface area contributed by atoms with Gasteiger partial charge in [0.15, 0.2) is 0 Å². The summed E-state index contributed by atoms with van der Waals surface area (Å²) in [7, 11) is 0. The SMILES string of the molecule is Cc1sc2ncnc(N3CCC(C(=O)NCc4nn(-c5ccccc5)c5c4CCC5)CC3)c2c1C. The van der Waals surface area contributed by atoms with Gasteiger partial charge in [-0.25, -0.2) is 14.6 Å². The fourth-order valence-electron chi connectivity index (χ4n) is 5.51. The van der Waals surface area contributed by atoms with Crippen molar-refractivity contribution < 1.29 is 4.79 Å². The Morgan fingerprint density at radius 2 is 1.91 bits per heavy atom. The number of fused-ring (bicyclic) bond motifs is 2. The largest absolute Gasteiger partial charge is 0.356 e. The minimum atomic E-state index is 0.0261. The van der Waals surface area contributed by atoms with E-state index in [2.05, 4.69) is 50.8 Å². The monoisotopic (exact) mass is 486 g/mol. The molecule has 1 amide bonds. The highest BCUT2D eigenvalue weighted by Crippen LogP contribution is 2.35. The Balaban J connectivity index is 1.11. The number of benzene rings is 1. The highest BCUT2D eigenvalue weighted by molar-refractivity contribution is 7.18. The van der Waals surface area contributed by atoms with E-state index in [9.17, 15) is 4.79 Å². The predicted molar refractivity (Wildman–Crippen MR) is 139 cm³/mol. The molecular weight excluding hydrogens is 456 g/mol. The van der Waals surface area contributed by atoms with E-state index in [4.69, 9.17) is 5.10 Å². The van der Waals surface area contributed by atoms with Crippen LogP contribution in [0.15, 0.2) is 36.7 Å². The van der Waals surface area contributed by atoms with Crippen LogP contribution in [0.2, 0.25) is 0 Å². The third kappa shape index (κ3) is 3.99. The van der Waals surface area contributed by atoms with Crippen LogP contribution < -0.4 is 10.2 Å². The van der Waals surface area contributed by atoms with Crippen LogP contribution >= 0.6 is 11.3 Å². The van der Waals surface area contributed by atoms with Crippen molar-refractivity contribution in [1.82, 2.24) is 25.1 Å². The fraction of sp³-hybridized carbons (Fsp3) is 0.407. The van der Waals surface area contributed by atoms with E-state index < -0.39 is 0 Å². The third-order valence-electron chi connectivity index (χ3n) is 7.55. The molecule has 1 aliphatic heterocycles. The van der Waals surface area contributed by atoms with Gasteiger partial charge < -0.3 is 10.2 Å². The van der Waals surface area contributed by atoms with Crippen LogP contribution in [0.1, 0.15) is 46.7 Å². The molecule has 1 fully saturated rings. The number of aryl methyl sites for hydroxylation is 2. The highest BCUT2D eigenvalue weighted by atomic mass is 32.1. The molecule has 0 unspecified atom stereocenters. The van der Waals surface area contributed by atoms with Gasteiger partial charge in [-0.2, -0.15) is 5.10 Å². The number of anilines is 1. The van der Waals surface area contributed by atoms with Crippen molar-refractivity contribution in [1.29, 1.82) is 0 Å². The summed E-state index contributed by atoms with van der Waals surface area (Å²) in [6.45, 7) is 6.45. The lowest BCUT2D eigenvalue weighted by Gasteiger charge is -2.32. The quantitative estimate of drug-likeness (QED) is 0.449. The molecule has 180 valence electrons. The number of rotatable bonds is 5. The number of nitrogens with one attached hydrogen (secondary N) is 1. The van der Waals surface area contributed by atoms with Crippen molar-refractivity contribution in [3.05, 3.63) is 64.1 Å². The Morgan fingerprint density at radius 1 is 1.11 bits per heavy atom. The summed E-state index contributed by atoms with van der Waals surface area (Å²) >= 11 is 1.73. The maximum atomic E-state index is 13.1. The van der Waals surface area contributed by atoms with Crippen molar-refractivity contribution in [3.8, 4) is 5.69 Å². The number of carbonyl (C=O) groups is 1. The maximum absolute atomic E-state index is 13.1. The summed E-state index contributed by atoms with van der Waals surface area (Å²) in [5.74, 6) is 1.18. The molecule has 2 aliphatic rings. The van der Waals surface area contributed by atoms with E-state index in [1.807, 2.05) is 18.2 Å². The average Bonchev–Trinajstić information content (AvgIpc) is 3.58. The molecule has 35 heavy (non-hydrogen) atoms. The Hall–Kier alpha value is -3.26. The zero-order chi connectivity index (χ0) is 23.9. The van der Waals surface area contributed by atoms with E-state index in [-0.39, 0.29) is 11.8 Å². The topological polar surface area (TPSA) is 75.9 Å². The van der Waals surface area contributed by atoms with E-state index in [0.717, 1.165) is 67.2 Å². The molecular formula is C27H30N6OS. The summed E-state index contributed by atoms with van der Waals surface area (Å²) < 4.78 is 2.07. The highest BCUT2D eigenvalue weighted by Gasteiger charge is 2.28. The second-order valence-electron chi connectivity index (χ2n) is 9.61. The van der Waals surface area contributed by atoms with Crippen molar-refractivity contribution >= 4 is 33.3 Å². The molecule has 7 nitrogen and oxygen atoms in total. The third-order valence-corrected chi connectivity index (χ3v) is 8.67. The molecule has 1 aliphatic carbocycles. The lowest BCUT2D eigenvalue weighted by atomic mass is 9.95. The summed E-state index contributed by atoms with van der Waals surface area (Å²) in [6.07, 6.45) is 6.56. The molecule has 6 rings (SSSR count). The molecule has 0 atom stereocenters. The van der Waals surface area contributed by atoms with E-state index in [1.165, 1.54) is 27.1 Å². The number of aromatic nitrogens is 4. The Labute approximate surface area is 209 Å². The van der Waals surface area contributed by atoms with Crippen LogP contribution in [-0.2, 0) is 24.2 Å². The van der Waals surface area contributed by atoms with Gasteiger partial charge >= 0.3 is 0 Å². The fourth-order valence-corrected chi connectivity index (χ4v) is 6.50. The minimum absolute atomic E-state index is 0.0261. The van der Waals surface area contributed by atoms with Gasteiger partial charge in [-0.15, -0.1) is 11.3 Å². The number of para-hydroxylation sites is 1. The molecule has 1 saturated heterocycles. The zero-order valence-corrected chi connectivity index (χ0v) is 21.1. The normalized spacial score (nSPS) is 16.1. The van der Waals surface area contributed by atoms with Gasteiger partial charge in [-0.1, -0.05) is 18.2 Å². The molecule has 0 spiro atoms. The smallest absolute Gasteiger partial charge is 0.223 e. The minimum Gasteiger partial charge on any atom is -0.356 e. The van der Waals surface area contributed by atoms with Gasteiger partial charge in [0.2, 0.25) is 5.91 Å². The van der Waals surface area contributed by atoms with Gasteiger partial charge in [0.05, 0.1) is 23.3 Å². The molecule has 4 aromatic rings. The number of amides is 1. The van der Waals surface area contributed by atoms with Crippen LogP contribution in [0.3, 0.4) is 0 Å². The Morgan fingerprint density at radius 3 is 2.71 bits per heavy atom. The van der Waals surface area contributed by atoms with E-state index >= 15 is 0 Å². The number of nitrogens with zero attached hydrogens (tertiary/aromatic N) is 5. The summed E-state index contributed by atoms with van der Waals surface area (Å²) in [5.41, 5.74) is 5.98. The lowest BCUT2D eigenvalue weighted by molar-refractivity contribution is -0.125. The average molecular weight is 487 g/mol. The second-order valence-corrected chi connectivity index (χ2v) is 10.8. The predicted octanol–water partition coefficient (Wildman–Crippen LogP) is 4.52. The first-order valence-electron chi connectivity index (χ1n) is 12.5. The number of hydrogen-bond donors (Lipinski definition) is 1. The first kappa shape index (κ1) is 22.2. The summed E-state index contributed by atoms with van der Waals surface area (Å²) in [5, 5.41) is 9.26. The lowest BCUT2D eigenvalue weighted by Crippen LogP contribution is -2.40. The van der Waals surface area contributed by atoms with E-state index in [0.29, 0.717) is 6.54 Å². The standard InChI is InChI=1S/C27H30N6OS/c1-17-18(2)35-27-24(17)25(29-16-30-27)32-13-11-19(12-14-32)26(34)28-15-22-21-9-6-10-23(21)33(31-22)20-7-4-3-5-8-20/h3-5,7-8,16,19H,6,9-15H2,1-2H3,(H,28,34). The van der Waals surface area contributed by atoms with Crippen LogP contribution in [-0.4, -0.2) is 38.7 Å². The van der Waals surface area contributed by atoms with Crippen molar-refractivity contribution in [2.45, 2.75) is 52.5 Å². The molecule has 0 radical (unpaired) electrons. The van der Waals surface area contributed by atoms with Crippen molar-refractivity contribution in [3.63, 3.8) is 0 Å². The Bertz CT molecular complexity index is 1380. The molecule has 1 N–H and O–H groups in total. The summed E-state index contributed by atoms with van der Waals surface area (Å²) in [4.78, 5) is 26.8. The van der Waals surface area contributed by atoms with Crippen LogP contribution in [0.5, 0.6) is 0 Å². The van der Waals surface area contributed by atoms with Crippen LogP contribution in [0.4, 0.5) is 5.82 Å². The first-order valence-corrected chi connectivity index (χ1v) is 13.3. The van der Waals surface area contributed by atoms with Gasteiger partial charge in [-0.3, -0.25) is 4.79 Å². The number of hydrogen-bond acceptors (Lipinski definition) is 6. The van der Waals surface area contributed by atoms with Gasteiger partial charge in [0.1, 0.15) is 17.0 Å². The molecule has 8 heteroatoms. The van der Waals surface area contributed by atoms with Gasteiger partial charge in [0.25, 0.3) is 0 Å². The first-order chi connectivity index (χ1) is 17.1. The zero-order valence-electron chi connectivity index (χ0n) is 20.3. The second kappa shape index (κ2) is 9.07. The number of piperidine rings is 1. The molecule has 1 aromatic carbocycles. The van der Waals surface area contributed by atoms with Gasteiger partial charge in [-0.05, 0) is 69.2 Å². The van der Waals surface area contributed by atoms with Crippen molar-refractivity contribution in [2.24, 2.45) is 5.92 Å². The molecule has 0 saturated carbocycles. The Kier molecular flexibility index (Phi) is 5.76. The van der Waals surface area contributed by atoms with Crippen LogP contribution in [0, 0.1) is 19.8 Å². The molecule has 4 heterocycles. The van der Waals surface area contributed by atoms with Gasteiger partial charge in [0, 0.05) is 29.6 Å². The molecule has 3 aromatic heterocycles.